The lowest BCUT2D eigenvalue weighted by Crippen LogP contribution is -2.32. The smallest absolute Gasteiger partial charge is 0.269 e. The van der Waals surface area contributed by atoms with Crippen LogP contribution in [-0.2, 0) is 13.1 Å². The molecule has 5 rings (SSSR count). The van der Waals surface area contributed by atoms with Crippen molar-refractivity contribution in [1.29, 1.82) is 0 Å². The first-order valence-electron chi connectivity index (χ1n) is 10.3. The van der Waals surface area contributed by atoms with Crippen molar-refractivity contribution in [3.8, 4) is 11.5 Å². The monoisotopic (exact) mass is 462 g/mol. The quantitative estimate of drug-likeness (QED) is 0.288. The van der Waals surface area contributed by atoms with Crippen LogP contribution in [0.3, 0.4) is 0 Å². The lowest BCUT2D eigenvalue weighted by molar-refractivity contribution is -0.384. The maximum Gasteiger partial charge on any atom is 0.269 e. The molecule has 7 nitrogen and oxygen atoms in total. The van der Waals surface area contributed by atoms with E-state index in [1.807, 2.05) is 37.3 Å². The number of nitro benzene ring substituents is 1. The van der Waals surface area contributed by atoms with Gasteiger partial charge < -0.3 is 9.47 Å². The highest BCUT2D eigenvalue weighted by Crippen LogP contribution is 2.43. The molecule has 0 saturated carbocycles. The van der Waals surface area contributed by atoms with Crippen LogP contribution in [0.25, 0.3) is 6.08 Å². The van der Waals surface area contributed by atoms with Gasteiger partial charge in [0.05, 0.1) is 10.5 Å². The van der Waals surface area contributed by atoms with Crippen LogP contribution >= 0.6 is 11.6 Å². The van der Waals surface area contributed by atoms with Crippen LogP contribution in [0.5, 0.6) is 11.5 Å². The van der Waals surface area contributed by atoms with Gasteiger partial charge in [0.2, 0.25) is 5.78 Å². The maximum absolute atomic E-state index is 13.1. The molecule has 0 bridgehead atoms. The van der Waals surface area contributed by atoms with Crippen LogP contribution in [0.2, 0.25) is 5.02 Å². The summed E-state index contributed by atoms with van der Waals surface area (Å²) in [6.45, 7) is 3.52. The average Bonchev–Trinajstić information content (AvgIpc) is 3.11. The van der Waals surface area contributed by atoms with Crippen molar-refractivity contribution in [3.05, 3.63) is 103 Å². The fraction of sp³-hybridized carbons (Fsp3) is 0.160. The number of non-ortho nitro benzene ring substituents is 1. The number of nitro groups is 1. The molecule has 0 aromatic heterocycles. The van der Waals surface area contributed by atoms with Gasteiger partial charge in [-0.1, -0.05) is 29.8 Å². The molecule has 166 valence electrons. The molecule has 2 aliphatic rings. The molecule has 3 aromatic carbocycles. The zero-order valence-corrected chi connectivity index (χ0v) is 18.5. The molecular formula is C25H19ClN2O5. The first-order valence-corrected chi connectivity index (χ1v) is 10.7. The Balaban J connectivity index is 1.41. The topological polar surface area (TPSA) is 81.9 Å². The Bertz CT molecular complexity index is 1320. The third-order valence-electron chi connectivity index (χ3n) is 5.76. The molecule has 2 aliphatic heterocycles. The number of ether oxygens (including phenoxy) is 2. The number of hydrogen-bond acceptors (Lipinski definition) is 6. The van der Waals surface area contributed by atoms with E-state index < -0.39 is 4.92 Å². The molecule has 0 radical (unpaired) electrons. The van der Waals surface area contributed by atoms with Gasteiger partial charge in [-0.3, -0.25) is 19.8 Å². The second kappa shape index (κ2) is 8.35. The third kappa shape index (κ3) is 3.97. The number of rotatable bonds is 4. The fourth-order valence-electron chi connectivity index (χ4n) is 4.11. The van der Waals surface area contributed by atoms with Crippen LogP contribution in [0, 0.1) is 17.0 Å². The van der Waals surface area contributed by atoms with Crippen molar-refractivity contribution in [3.63, 3.8) is 0 Å². The van der Waals surface area contributed by atoms with E-state index in [1.165, 1.54) is 12.1 Å². The number of nitrogens with zero attached hydrogens (tertiary/aromatic N) is 2. The molecule has 0 N–H and O–H groups in total. The molecule has 3 aromatic rings. The number of Topliss-reactive ketones (excluding diaryl/α,β-unsaturated/α-hetero) is 1. The number of hydrogen-bond donors (Lipinski definition) is 0. The maximum atomic E-state index is 13.1. The summed E-state index contributed by atoms with van der Waals surface area (Å²) in [4.78, 5) is 25.6. The Labute approximate surface area is 195 Å². The fourth-order valence-corrected chi connectivity index (χ4v) is 4.30. The lowest BCUT2D eigenvalue weighted by atomic mass is 10.00. The van der Waals surface area contributed by atoms with E-state index in [0.717, 1.165) is 22.4 Å². The van der Waals surface area contributed by atoms with E-state index in [2.05, 4.69) is 4.90 Å². The van der Waals surface area contributed by atoms with Crippen LogP contribution in [-0.4, -0.2) is 22.3 Å². The molecule has 0 amide bonds. The van der Waals surface area contributed by atoms with E-state index in [0.29, 0.717) is 41.7 Å². The number of fused-ring (bicyclic) bond motifs is 2. The van der Waals surface area contributed by atoms with Gasteiger partial charge in [-0.25, -0.2) is 0 Å². The van der Waals surface area contributed by atoms with E-state index in [9.17, 15) is 14.9 Å². The summed E-state index contributed by atoms with van der Waals surface area (Å²) < 4.78 is 11.9. The van der Waals surface area contributed by atoms with Crippen molar-refractivity contribution >= 4 is 29.1 Å². The zero-order chi connectivity index (χ0) is 23.1. The number of carbonyl (C=O) groups is 1. The Morgan fingerprint density at radius 3 is 2.64 bits per heavy atom. The standard InChI is InChI=1S/C25H19ClN2O5/c1-15-24-18(13-27(14-32-24)12-17-4-2-3-5-21(17)26)11-20-23(29)22(33-25(15)20)10-16-6-8-19(9-7-16)28(30)31/h2-11H,12-14H2,1H3/b22-10-. The molecule has 0 fully saturated rings. The first kappa shape index (κ1) is 21.2. The Morgan fingerprint density at radius 1 is 1.15 bits per heavy atom. The lowest BCUT2D eigenvalue weighted by Gasteiger charge is -2.30. The minimum Gasteiger partial charge on any atom is -0.477 e. The molecule has 33 heavy (non-hydrogen) atoms. The van der Waals surface area contributed by atoms with E-state index >= 15 is 0 Å². The van der Waals surface area contributed by atoms with Gasteiger partial charge in [0.25, 0.3) is 5.69 Å². The Hall–Kier alpha value is -3.68. The second-order valence-electron chi connectivity index (χ2n) is 8.01. The van der Waals surface area contributed by atoms with Crippen LogP contribution in [0.4, 0.5) is 5.69 Å². The highest BCUT2D eigenvalue weighted by Gasteiger charge is 2.33. The number of halogens is 1. The van der Waals surface area contributed by atoms with Crippen LogP contribution in [0.1, 0.15) is 32.6 Å². The first-order chi connectivity index (χ1) is 15.9. The van der Waals surface area contributed by atoms with Gasteiger partial charge in [0.1, 0.15) is 18.2 Å². The number of benzene rings is 3. The molecule has 0 unspecified atom stereocenters. The summed E-state index contributed by atoms with van der Waals surface area (Å²) in [5, 5.41) is 11.6. The Morgan fingerprint density at radius 2 is 1.91 bits per heavy atom. The van der Waals surface area contributed by atoms with Crippen LogP contribution < -0.4 is 9.47 Å². The van der Waals surface area contributed by atoms with Gasteiger partial charge in [-0.05, 0) is 48.4 Å². The highest BCUT2D eigenvalue weighted by molar-refractivity contribution is 6.31. The van der Waals surface area contributed by atoms with E-state index in [-0.39, 0.29) is 17.2 Å². The average molecular weight is 463 g/mol. The summed E-state index contributed by atoms with van der Waals surface area (Å²) in [6.07, 6.45) is 1.59. The summed E-state index contributed by atoms with van der Waals surface area (Å²) in [6, 6.07) is 15.5. The van der Waals surface area contributed by atoms with Crippen molar-refractivity contribution in [2.45, 2.75) is 20.0 Å². The van der Waals surface area contributed by atoms with Gasteiger partial charge in [-0.15, -0.1) is 0 Å². The normalized spacial score (nSPS) is 16.2. The molecule has 0 aliphatic carbocycles. The number of carbonyl (C=O) groups excluding carboxylic acids is 1. The van der Waals surface area contributed by atoms with E-state index in [4.69, 9.17) is 21.1 Å². The van der Waals surface area contributed by atoms with Gasteiger partial charge >= 0.3 is 0 Å². The number of ketones is 1. The summed E-state index contributed by atoms with van der Waals surface area (Å²) >= 11 is 6.30. The number of allylic oxidation sites excluding steroid dienone is 1. The minimum atomic E-state index is -0.465. The summed E-state index contributed by atoms with van der Waals surface area (Å²) in [5.41, 5.74) is 3.82. The predicted molar refractivity (Wildman–Crippen MR) is 123 cm³/mol. The summed E-state index contributed by atoms with van der Waals surface area (Å²) in [7, 11) is 0. The molecule has 0 saturated heterocycles. The summed E-state index contributed by atoms with van der Waals surface area (Å²) in [5.74, 6) is 1.18. The van der Waals surface area contributed by atoms with Crippen molar-refractivity contribution in [1.82, 2.24) is 4.90 Å². The zero-order valence-electron chi connectivity index (χ0n) is 17.7. The molecule has 0 atom stereocenters. The van der Waals surface area contributed by atoms with Gasteiger partial charge in [-0.2, -0.15) is 0 Å². The second-order valence-corrected chi connectivity index (χ2v) is 8.41. The third-order valence-corrected chi connectivity index (χ3v) is 6.12. The van der Waals surface area contributed by atoms with Crippen molar-refractivity contribution < 1.29 is 19.2 Å². The van der Waals surface area contributed by atoms with Crippen molar-refractivity contribution in [2.24, 2.45) is 0 Å². The van der Waals surface area contributed by atoms with E-state index in [1.54, 1.807) is 18.2 Å². The van der Waals surface area contributed by atoms with Gasteiger partial charge in [0.15, 0.2) is 5.76 Å². The largest absolute Gasteiger partial charge is 0.477 e. The molecule has 2 heterocycles. The van der Waals surface area contributed by atoms with Crippen LogP contribution in [0.15, 0.2) is 60.4 Å². The molecular weight excluding hydrogens is 444 g/mol. The van der Waals surface area contributed by atoms with Gasteiger partial charge in [0, 0.05) is 41.4 Å². The molecule has 8 heteroatoms. The predicted octanol–water partition coefficient (Wildman–Crippen LogP) is 5.52. The minimum absolute atomic E-state index is 0.0129. The SMILES string of the molecule is Cc1c2c(cc3c1O/C(=C\c1ccc([N+](=O)[O-])cc1)C3=O)CN(Cc1ccccc1Cl)CO2. The van der Waals surface area contributed by atoms with Crippen molar-refractivity contribution in [2.75, 3.05) is 6.73 Å². The molecule has 0 spiro atoms. The highest BCUT2D eigenvalue weighted by atomic mass is 35.5. The Kier molecular flexibility index (Phi) is 5.36.